The molecule has 0 saturated carbocycles. The van der Waals surface area contributed by atoms with Crippen LogP contribution in [-0.2, 0) is 32.3 Å². The van der Waals surface area contributed by atoms with Crippen LogP contribution in [0.1, 0.15) is 48.9 Å². The van der Waals surface area contributed by atoms with Crippen molar-refractivity contribution < 1.29 is 31.2 Å². The highest BCUT2D eigenvalue weighted by Gasteiger charge is 2.37. The summed E-state index contributed by atoms with van der Waals surface area (Å²) in [7, 11) is -4.55. The van der Waals surface area contributed by atoms with Gasteiger partial charge in [-0.3, -0.25) is 13.9 Å². The van der Waals surface area contributed by atoms with E-state index >= 15 is 0 Å². The molecule has 3 aromatic rings. The first kappa shape index (κ1) is 33.9. The second kappa shape index (κ2) is 14.3. The van der Waals surface area contributed by atoms with E-state index in [2.05, 4.69) is 5.32 Å². The minimum absolute atomic E-state index is 0.0175. The number of aryl methyl sites for hydroxylation is 2. The number of nitrogens with zero attached hydrogens (tertiary/aromatic N) is 2. The van der Waals surface area contributed by atoms with E-state index in [1.807, 2.05) is 26.0 Å². The molecule has 43 heavy (non-hydrogen) atoms. The average molecular weight is 638 g/mol. The minimum atomic E-state index is -4.88. The second-order valence-electron chi connectivity index (χ2n) is 10.1. The molecule has 1 unspecified atom stereocenters. The van der Waals surface area contributed by atoms with Gasteiger partial charge in [0.2, 0.25) is 11.8 Å². The van der Waals surface area contributed by atoms with Crippen LogP contribution in [0.4, 0.5) is 18.9 Å². The molecule has 232 valence electrons. The van der Waals surface area contributed by atoms with Gasteiger partial charge in [-0.05, 0) is 68.1 Å². The zero-order chi connectivity index (χ0) is 31.9. The third kappa shape index (κ3) is 8.29. The predicted octanol–water partition coefficient (Wildman–Crippen LogP) is 6.50. The quantitative estimate of drug-likeness (QED) is 0.246. The van der Waals surface area contributed by atoms with Gasteiger partial charge >= 0.3 is 6.18 Å². The molecule has 0 spiro atoms. The van der Waals surface area contributed by atoms with Gasteiger partial charge in [0.05, 0.1) is 21.2 Å². The zero-order valence-corrected chi connectivity index (χ0v) is 26.0. The summed E-state index contributed by atoms with van der Waals surface area (Å²) in [5.74, 6) is -1.17. The number of benzene rings is 3. The lowest BCUT2D eigenvalue weighted by atomic mass is 10.1. The van der Waals surface area contributed by atoms with Crippen molar-refractivity contribution in [3.05, 3.63) is 94.0 Å². The average Bonchev–Trinajstić information content (AvgIpc) is 2.95. The number of rotatable bonds is 12. The standard InChI is InChI=1S/C31H35ClF3N3O4S/c1-5-17-36-30(40)28(6-2)37(19-23-10-8-7-9-22(23)4)29(39)20-38(43(41,42)25-14-11-21(3)12-15-25)24-13-16-27(32)26(18-24)31(33,34)35/h7-16,18,28H,5-6,17,19-20H2,1-4H3,(H,36,40). The van der Waals surface area contributed by atoms with Crippen molar-refractivity contribution in [1.82, 2.24) is 10.2 Å². The topological polar surface area (TPSA) is 86.8 Å². The van der Waals surface area contributed by atoms with Gasteiger partial charge in [0.15, 0.2) is 0 Å². The molecule has 2 amide bonds. The Bertz CT molecular complexity index is 1550. The summed E-state index contributed by atoms with van der Waals surface area (Å²) in [6.45, 7) is 6.70. The van der Waals surface area contributed by atoms with Crippen LogP contribution in [0.15, 0.2) is 71.6 Å². The number of amides is 2. The maximum Gasteiger partial charge on any atom is 0.417 e. The Labute approximate surface area is 255 Å². The Morgan fingerprint density at radius 2 is 1.63 bits per heavy atom. The van der Waals surface area contributed by atoms with Gasteiger partial charge in [0.25, 0.3) is 10.0 Å². The maximum absolute atomic E-state index is 14.1. The highest BCUT2D eigenvalue weighted by Crippen LogP contribution is 2.38. The number of carbonyl (C=O) groups excluding carboxylic acids is 2. The lowest BCUT2D eigenvalue weighted by Gasteiger charge is -2.33. The van der Waals surface area contributed by atoms with Crippen molar-refractivity contribution in [2.24, 2.45) is 0 Å². The van der Waals surface area contributed by atoms with Crippen LogP contribution in [0.25, 0.3) is 0 Å². The first-order valence-electron chi connectivity index (χ1n) is 13.8. The summed E-state index contributed by atoms with van der Waals surface area (Å²) < 4.78 is 69.9. The number of carbonyl (C=O) groups is 2. The zero-order valence-electron chi connectivity index (χ0n) is 24.4. The molecule has 1 atom stereocenters. The van der Waals surface area contributed by atoms with Gasteiger partial charge in [-0.15, -0.1) is 0 Å². The van der Waals surface area contributed by atoms with Gasteiger partial charge in [0, 0.05) is 13.1 Å². The highest BCUT2D eigenvalue weighted by molar-refractivity contribution is 7.92. The molecule has 0 radical (unpaired) electrons. The van der Waals surface area contributed by atoms with Crippen molar-refractivity contribution in [3.63, 3.8) is 0 Å². The van der Waals surface area contributed by atoms with Crippen molar-refractivity contribution in [1.29, 1.82) is 0 Å². The first-order valence-corrected chi connectivity index (χ1v) is 15.6. The van der Waals surface area contributed by atoms with Crippen molar-refractivity contribution in [3.8, 4) is 0 Å². The fraction of sp³-hybridized carbons (Fsp3) is 0.355. The Hall–Kier alpha value is -3.57. The Morgan fingerprint density at radius 3 is 2.21 bits per heavy atom. The van der Waals surface area contributed by atoms with Crippen LogP contribution in [0.3, 0.4) is 0 Å². The molecule has 0 bridgehead atoms. The van der Waals surface area contributed by atoms with E-state index in [1.54, 1.807) is 38.1 Å². The van der Waals surface area contributed by atoms with Gasteiger partial charge in [0.1, 0.15) is 12.6 Å². The van der Waals surface area contributed by atoms with Gasteiger partial charge in [-0.2, -0.15) is 13.2 Å². The van der Waals surface area contributed by atoms with Crippen LogP contribution in [-0.4, -0.2) is 44.3 Å². The largest absolute Gasteiger partial charge is 0.417 e. The number of hydrogen-bond donors (Lipinski definition) is 1. The number of halogens is 4. The maximum atomic E-state index is 14.1. The van der Waals surface area contributed by atoms with E-state index in [-0.39, 0.29) is 17.9 Å². The molecule has 12 heteroatoms. The van der Waals surface area contributed by atoms with E-state index in [9.17, 15) is 31.2 Å². The molecule has 3 rings (SSSR count). The van der Waals surface area contributed by atoms with E-state index < -0.39 is 56.9 Å². The van der Waals surface area contributed by atoms with Crippen LogP contribution in [0.5, 0.6) is 0 Å². The third-order valence-corrected chi connectivity index (χ3v) is 9.09. The summed E-state index contributed by atoms with van der Waals surface area (Å²) in [5.41, 5.74) is 0.702. The predicted molar refractivity (Wildman–Crippen MR) is 161 cm³/mol. The van der Waals surface area contributed by atoms with E-state index in [4.69, 9.17) is 11.6 Å². The minimum Gasteiger partial charge on any atom is -0.354 e. The fourth-order valence-corrected chi connectivity index (χ4v) is 6.14. The van der Waals surface area contributed by atoms with Crippen molar-refractivity contribution in [2.45, 2.75) is 64.2 Å². The normalized spacial score (nSPS) is 12.5. The number of anilines is 1. The van der Waals surface area contributed by atoms with Crippen molar-refractivity contribution in [2.75, 3.05) is 17.4 Å². The number of alkyl halides is 3. The molecule has 3 aromatic carbocycles. The molecule has 0 heterocycles. The summed E-state index contributed by atoms with van der Waals surface area (Å²) in [4.78, 5) is 28.3. The molecular weight excluding hydrogens is 603 g/mol. The molecule has 7 nitrogen and oxygen atoms in total. The number of hydrogen-bond acceptors (Lipinski definition) is 4. The van der Waals surface area contributed by atoms with Gasteiger partial charge in [-0.1, -0.05) is 67.4 Å². The van der Waals surface area contributed by atoms with E-state index in [0.29, 0.717) is 23.3 Å². The number of sulfonamides is 1. The van der Waals surface area contributed by atoms with Crippen molar-refractivity contribution >= 4 is 39.1 Å². The third-order valence-electron chi connectivity index (χ3n) is 6.97. The summed E-state index contributed by atoms with van der Waals surface area (Å²) >= 11 is 5.82. The monoisotopic (exact) mass is 637 g/mol. The molecule has 0 aliphatic rings. The summed E-state index contributed by atoms with van der Waals surface area (Å²) in [6.07, 6.45) is -4.00. The molecule has 0 saturated heterocycles. The van der Waals surface area contributed by atoms with E-state index in [0.717, 1.165) is 28.8 Å². The molecule has 0 aromatic heterocycles. The second-order valence-corrected chi connectivity index (χ2v) is 12.4. The van der Waals surface area contributed by atoms with Gasteiger partial charge in [-0.25, -0.2) is 8.42 Å². The summed E-state index contributed by atoms with van der Waals surface area (Å²) in [5, 5.41) is 2.18. The van der Waals surface area contributed by atoms with Crippen LogP contribution < -0.4 is 9.62 Å². The SMILES string of the molecule is CCCNC(=O)C(CC)N(Cc1ccccc1C)C(=O)CN(c1ccc(Cl)c(C(F)(F)F)c1)S(=O)(=O)c1ccc(C)cc1. The smallest absolute Gasteiger partial charge is 0.354 e. The summed E-state index contributed by atoms with van der Waals surface area (Å²) in [6, 6.07) is 14.7. The first-order chi connectivity index (χ1) is 20.2. The number of nitrogens with one attached hydrogen (secondary N) is 1. The lowest BCUT2D eigenvalue weighted by molar-refractivity contribution is -0.140. The van der Waals surface area contributed by atoms with Crippen LogP contribution in [0.2, 0.25) is 5.02 Å². The Balaban J connectivity index is 2.15. The fourth-order valence-electron chi connectivity index (χ4n) is 4.51. The van der Waals surface area contributed by atoms with E-state index in [1.165, 1.54) is 17.0 Å². The van der Waals surface area contributed by atoms with Crippen LogP contribution >= 0.6 is 11.6 Å². The Morgan fingerprint density at radius 1 is 0.977 bits per heavy atom. The molecule has 0 aliphatic carbocycles. The molecule has 0 aliphatic heterocycles. The molecular formula is C31H35ClF3N3O4S. The lowest BCUT2D eigenvalue weighted by Crippen LogP contribution is -2.52. The molecule has 1 N–H and O–H groups in total. The van der Waals surface area contributed by atoms with Gasteiger partial charge < -0.3 is 10.2 Å². The highest BCUT2D eigenvalue weighted by atomic mass is 35.5. The molecule has 0 fully saturated rings. The van der Waals surface area contributed by atoms with Crippen LogP contribution in [0, 0.1) is 13.8 Å². The Kier molecular flexibility index (Phi) is 11.3.